The molecule has 0 aliphatic rings. The Morgan fingerprint density at radius 3 is 2.39 bits per heavy atom. The van der Waals surface area contributed by atoms with Gasteiger partial charge in [0.2, 0.25) is 11.8 Å². The Labute approximate surface area is 148 Å². The molecule has 0 saturated carbocycles. The minimum absolute atomic E-state index is 0.0606. The van der Waals surface area contributed by atoms with E-state index in [0.717, 1.165) is 12.0 Å². The number of rotatable bonds is 8. The van der Waals surface area contributed by atoms with Gasteiger partial charge in [0.05, 0.1) is 10.0 Å². The molecule has 6 heteroatoms. The van der Waals surface area contributed by atoms with Crippen LogP contribution in [0.15, 0.2) is 18.2 Å². The van der Waals surface area contributed by atoms with Gasteiger partial charge in [-0.2, -0.15) is 0 Å². The zero-order valence-corrected chi connectivity index (χ0v) is 15.4. The van der Waals surface area contributed by atoms with Gasteiger partial charge >= 0.3 is 0 Å². The van der Waals surface area contributed by atoms with E-state index in [9.17, 15) is 9.59 Å². The van der Waals surface area contributed by atoms with Crippen LogP contribution in [0, 0.1) is 0 Å². The van der Waals surface area contributed by atoms with Gasteiger partial charge in [-0.3, -0.25) is 9.59 Å². The molecule has 1 aromatic rings. The second-order valence-electron chi connectivity index (χ2n) is 5.34. The Bertz CT molecular complexity index is 549. The second-order valence-corrected chi connectivity index (χ2v) is 6.15. The number of carbonyl (C=O) groups is 2. The Morgan fingerprint density at radius 2 is 1.87 bits per heavy atom. The van der Waals surface area contributed by atoms with Crippen LogP contribution in [0.4, 0.5) is 0 Å². The quantitative estimate of drug-likeness (QED) is 0.762. The third-order valence-electron chi connectivity index (χ3n) is 3.57. The third kappa shape index (κ3) is 5.70. The monoisotopic (exact) mass is 358 g/mol. The highest BCUT2D eigenvalue weighted by atomic mass is 35.5. The van der Waals surface area contributed by atoms with Crippen LogP contribution in [-0.4, -0.2) is 29.3 Å². The van der Waals surface area contributed by atoms with Gasteiger partial charge in [0.25, 0.3) is 0 Å². The molecule has 0 aromatic heterocycles. The standard InChI is InChI=1S/C17H24Cl2N2O2/c1-4-9-20-17(23)15(5-2)21(16(22)6-3)11-12-7-8-13(18)14(19)10-12/h7-8,10,15H,4-6,9,11H2,1-3H3,(H,20,23). The predicted molar refractivity (Wildman–Crippen MR) is 94.7 cm³/mol. The van der Waals surface area contributed by atoms with Gasteiger partial charge < -0.3 is 10.2 Å². The number of hydrogen-bond acceptors (Lipinski definition) is 2. The Kier molecular flexibility index (Phi) is 8.42. The summed E-state index contributed by atoms with van der Waals surface area (Å²) in [5, 5.41) is 3.78. The molecule has 0 aliphatic heterocycles. The van der Waals surface area contributed by atoms with Crippen LogP contribution in [0.2, 0.25) is 10.0 Å². The summed E-state index contributed by atoms with van der Waals surface area (Å²) in [6.07, 6.45) is 1.76. The van der Waals surface area contributed by atoms with Crippen LogP contribution in [0.3, 0.4) is 0 Å². The number of benzene rings is 1. The molecule has 1 unspecified atom stereocenters. The van der Waals surface area contributed by atoms with Crippen LogP contribution < -0.4 is 5.32 Å². The lowest BCUT2D eigenvalue weighted by molar-refractivity contribution is -0.141. The maximum absolute atomic E-state index is 12.4. The highest BCUT2D eigenvalue weighted by molar-refractivity contribution is 6.42. The summed E-state index contributed by atoms with van der Waals surface area (Å²) >= 11 is 12.0. The van der Waals surface area contributed by atoms with Gasteiger partial charge in [0.15, 0.2) is 0 Å². The van der Waals surface area contributed by atoms with Gasteiger partial charge in [-0.15, -0.1) is 0 Å². The van der Waals surface area contributed by atoms with E-state index in [2.05, 4.69) is 5.32 Å². The number of nitrogens with zero attached hydrogens (tertiary/aromatic N) is 1. The van der Waals surface area contributed by atoms with E-state index in [1.54, 1.807) is 24.0 Å². The lowest BCUT2D eigenvalue weighted by Crippen LogP contribution is -2.49. The molecular formula is C17H24Cl2N2O2. The first kappa shape index (κ1) is 19.8. The van der Waals surface area contributed by atoms with Crippen LogP contribution in [0.1, 0.15) is 45.6 Å². The molecule has 0 bridgehead atoms. The molecule has 1 N–H and O–H groups in total. The van der Waals surface area contributed by atoms with E-state index in [4.69, 9.17) is 23.2 Å². The van der Waals surface area contributed by atoms with Crippen molar-refractivity contribution < 1.29 is 9.59 Å². The molecule has 1 aromatic carbocycles. The zero-order chi connectivity index (χ0) is 17.4. The summed E-state index contributed by atoms with van der Waals surface area (Å²) < 4.78 is 0. The molecule has 4 nitrogen and oxygen atoms in total. The molecule has 23 heavy (non-hydrogen) atoms. The molecule has 1 atom stereocenters. The molecule has 0 radical (unpaired) electrons. The first-order valence-corrected chi connectivity index (χ1v) is 8.71. The zero-order valence-electron chi connectivity index (χ0n) is 13.9. The van der Waals surface area contributed by atoms with E-state index >= 15 is 0 Å². The topological polar surface area (TPSA) is 49.4 Å². The van der Waals surface area contributed by atoms with E-state index in [1.165, 1.54) is 0 Å². The fraction of sp³-hybridized carbons (Fsp3) is 0.529. The van der Waals surface area contributed by atoms with Crippen LogP contribution in [0.25, 0.3) is 0 Å². The summed E-state index contributed by atoms with van der Waals surface area (Å²) in [6.45, 7) is 6.63. The van der Waals surface area contributed by atoms with Gasteiger partial charge in [-0.1, -0.05) is 50.0 Å². The molecule has 0 aliphatic carbocycles. The molecule has 2 amide bonds. The van der Waals surface area contributed by atoms with Gasteiger partial charge in [0.1, 0.15) is 6.04 Å². The highest BCUT2D eigenvalue weighted by Gasteiger charge is 2.27. The van der Waals surface area contributed by atoms with Gasteiger partial charge in [-0.05, 0) is 30.5 Å². The van der Waals surface area contributed by atoms with Crippen LogP contribution >= 0.6 is 23.2 Å². The second kappa shape index (κ2) is 9.78. The Morgan fingerprint density at radius 1 is 1.17 bits per heavy atom. The lowest BCUT2D eigenvalue weighted by atomic mass is 10.1. The summed E-state index contributed by atoms with van der Waals surface area (Å²) in [5.74, 6) is -0.175. The molecule has 0 fully saturated rings. The molecule has 0 saturated heterocycles. The van der Waals surface area contributed by atoms with Crippen molar-refractivity contribution in [1.82, 2.24) is 10.2 Å². The smallest absolute Gasteiger partial charge is 0.242 e. The van der Waals surface area contributed by atoms with Crippen LogP contribution in [-0.2, 0) is 16.1 Å². The molecular weight excluding hydrogens is 335 g/mol. The van der Waals surface area contributed by atoms with Crippen molar-refractivity contribution in [3.8, 4) is 0 Å². The van der Waals surface area contributed by atoms with E-state index in [-0.39, 0.29) is 11.8 Å². The average molecular weight is 359 g/mol. The largest absolute Gasteiger partial charge is 0.354 e. The maximum Gasteiger partial charge on any atom is 0.242 e. The number of hydrogen-bond donors (Lipinski definition) is 1. The third-order valence-corrected chi connectivity index (χ3v) is 4.31. The number of nitrogens with one attached hydrogen (secondary N) is 1. The predicted octanol–water partition coefficient (Wildman–Crippen LogP) is 4.04. The fourth-order valence-corrected chi connectivity index (χ4v) is 2.64. The molecule has 0 spiro atoms. The van der Waals surface area contributed by atoms with E-state index < -0.39 is 6.04 Å². The summed E-state index contributed by atoms with van der Waals surface area (Å²) in [5.41, 5.74) is 0.850. The van der Waals surface area contributed by atoms with Crippen molar-refractivity contribution in [2.24, 2.45) is 0 Å². The minimum Gasteiger partial charge on any atom is -0.354 e. The van der Waals surface area contributed by atoms with E-state index in [1.807, 2.05) is 19.9 Å². The first-order chi connectivity index (χ1) is 10.9. The first-order valence-electron chi connectivity index (χ1n) is 7.95. The van der Waals surface area contributed by atoms with Crippen LogP contribution in [0.5, 0.6) is 0 Å². The number of halogens is 2. The number of amides is 2. The van der Waals surface area contributed by atoms with Gasteiger partial charge in [-0.25, -0.2) is 0 Å². The maximum atomic E-state index is 12.4. The number of carbonyl (C=O) groups excluding carboxylic acids is 2. The van der Waals surface area contributed by atoms with Crippen molar-refractivity contribution in [3.05, 3.63) is 33.8 Å². The average Bonchev–Trinajstić information content (AvgIpc) is 2.55. The van der Waals surface area contributed by atoms with Crippen molar-refractivity contribution in [2.75, 3.05) is 6.54 Å². The Hall–Kier alpha value is -1.26. The van der Waals surface area contributed by atoms with Crippen molar-refractivity contribution >= 4 is 35.0 Å². The summed E-state index contributed by atoms with van der Waals surface area (Å²) in [7, 11) is 0. The normalized spacial score (nSPS) is 11.9. The highest BCUT2D eigenvalue weighted by Crippen LogP contribution is 2.24. The molecule has 0 heterocycles. The van der Waals surface area contributed by atoms with Gasteiger partial charge in [0, 0.05) is 19.5 Å². The lowest BCUT2D eigenvalue weighted by Gasteiger charge is -2.30. The van der Waals surface area contributed by atoms with Crippen molar-refractivity contribution in [3.63, 3.8) is 0 Å². The van der Waals surface area contributed by atoms with Crippen molar-refractivity contribution in [1.29, 1.82) is 0 Å². The summed E-state index contributed by atoms with van der Waals surface area (Å²) in [4.78, 5) is 26.3. The summed E-state index contributed by atoms with van der Waals surface area (Å²) in [6, 6.07) is 4.77. The molecule has 1 rings (SSSR count). The fourth-order valence-electron chi connectivity index (χ4n) is 2.32. The van der Waals surface area contributed by atoms with Crippen molar-refractivity contribution in [2.45, 2.75) is 52.6 Å². The SMILES string of the molecule is CCCNC(=O)C(CC)N(Cc1ccc(Cl)c(Cl)c1)C(=O)CC. The van der Waals surface area contributed by atoms with E-state index in [0.29, 0.717) is 36.0 Å². The minimum atomic E-state index is -0.483. The Balaban J connectivity index is 2.99. The molecule has 128 valence electrons.